The SMILES string of the molecule is O=S(=O)(c1cccc(Cl)c1)N1CCC[C@H](Oc2ncc(Br)cn2)C1. The van der Waals surface area contributed by atoms with Crippen molar-refractivity contribution in [1.82, 2.24) is 14.3 Å². The fraction of sp³-hybridized carbons (Fsp3) is 0.333. The van der Waals surface area contributed by atoms with Crippen molar-refractivity contribution in [2.75, 3.05) is 13.1 Å². The Kier molecular flexibility index (Phi) is 5.39. The van der Waals surface area contributed by atoms with Gasteiger partial charge in [-0.05, 0) is 47.0 Å². The molecule has 24 heavy (non-hydrogen) atoms. The Hall–Kier alpha value is -1.22. The molecule has 0 unspecified atom stereocenters. The van der Waals surface area contributed by atoms with Gasteiger partial charge in [0.05, 0.1) is 15.9 Å². The van der Waals surface area contributed by atoms with Gasteiger partial charge < -0.3 is 4.74 Å². The average Bonchev–Trinajstić information content (AvgIpc) is 2.57. The van der Waals surface area contributed by atoms with Crippen LogP contribution in [0.1, 0.15) is 12.8 Å². The van der Waals surface area contributed by atoms with Crippen molar-refractivity contribution >= 4 is 37.6 Å². The summed E-state index contributed by atoms with van der Waals surface area (Å²) in [6.45, 7) is 0.712. The minimum Gasteiger partial charge on any atom is -0.459 e. The second-order valence-electron chi connectivity index (χ2n) is 5.39. The van der Waals surface area contributed by atoms with Gasteiger partial charge in [0, 0.05) is 24.0 Å². The van der Waals surface area contributed by atoms with E-state index in [9.17, 15) is 8.42 Å². The first-order valence-electron chi connectivity index (χ1n) is 7.35. The summed E-state index contributed by atoms with van der Waals surface area (Å²) in [6, 6.07) is 6.52. The maximum Gasteiger partial charge on any atom is 0.316 e. The third-order valence-corrected chi connectivity index (χ3v) is 6.15. The first-order valence-corrected chi connectivity index (χ1v) is 9.96. The summed E-state index contributed by atoms with van der Waals surface area (Å²) < 4.78 is 33.4. The molecule has 0 saturated carbocycles. The summed E-state index contributed by atoms with van der Waals surface area (Å²) in [4.78, 5) is 8.32. The van der Waals surface area contributed by atoms with Gasteiger partial charge in [-0.2, -0.15) is 4.31 Å². The highest BCUT2D eigenvalue weighted by atomic mass is 79.9. The minimum absolute atomic E-state index is 0.190. The molecule has 0 bridgehead atoms. The predicted molar refractivity (Wildman–Crippen MR) is 93.6 cm³/mol. The molecule has 1 aromatic carbocycles. The lowest BCUT2D eigenvalue weighted by Gasteiger charge is -2.31. The van der Waals surface area contributed by atoms with Gasteiger partial charge in [-0.25, -0.2) is 18.4 Å². The van der Waals surface area contributed by atoms with E-state index in [0.29, 0.717) is 18.0 Å². The second-order valence-corrected chi connectivity index (χ2v) is 8.68. The van der Waals surface area contributed by atoms with Crippen LogP contribution in [0.3, 0.4) is 0 Å². The molecule has 1 fully saturated rings. The molecule has 128 valence electrons. The minimum atomic E-state index is -3.60. The lowest BCUT2D eigenvalue weighted by molar-refractivity contribution is 0.119. The fourth-order valence-corrected chi connectivity index (χ4v) is 4.52. The quantitative estimate of drug-likeness (QED) is 0.742. The van der Waals surface area contributed by atoms with E-state index in [2.05, 4.69) is 25.9 Å². The van der Waals surface area contributed by atoms with Gasteiger partial charge in [-0.15, -0.1) is 0 Å². The lowest BCUT2D eigenvalue weighted by Crippen LogP contribution is -2.44. The summed E-state index contributed by atoms with van der Waals surface area (Å²) in [5.41, 5.74) is 0. The standard InChI is InChI=1S/C15H15BrClN3O3S/c16-11-8-18-15(19-9-11)23-13-4-2-6-20(10-13)24(21,22)14-5-1-3-12(17)7-14/h1,3,5,7-9,13H,2,4,6,10H2/t13-/m0/s1. The topological polar surface area (TPSA) is 72.4 Å². The Morgan fingerprint density at radius 3 is 2.75 bits per heavy atom. The van der Waals surface area contributed by atoms with Gasteiger partial charge in [-0.1, -0.05) is 17.7 Å². The Morgan fingerprint density at radius 1 is 1.29 bits per heavy atom. The number of halogens is 2. The molecule has 0 aliphatic carbocycles. The Labute approximate surface area is 154 Å². The van der Waals surface area contributed by atoms with Gasteiger partial charge in [0.25, 0.3) is 0 Å². The number of piperidine rings is 1. The van der Waals surface area contributed by atoms with Crippen LogP contribution in [0.5, 0.6) is 6.01 Å². The van der Waals surface area contributed by atoms with Crippen LogP contribution in [0.2, 0.25) is 5.02 Å². The van der Waals surface area contributed by atoms with Crippen LogP contribution < -0.4 is 4.74 Å². The van der Waals surface area contributed by atoms with Crippen LogP contribution in [-0.2, 0) is 10.0 Å². The van der Waals surface area contributed by atoms with Crippen LogP contribution in [0, 0.1) is 0 Å². The van der Waals surface area contributed by atoms with Crippen LogP contribution >= 0.6 is 27.5 Å². The molecular weight excluding hydrogens is 418 g/mol. The third-order valence-electron chi connectivity index (χ3n) is 3.64. The van der Waals surface area contributed by atoms with Gasteiger partial charge in [0.1, 0.15) is 6.10 Å². The van der Waals surface area contributed by atoms with Crippen molar-refractivity contribution in [3.8, 4) is 6.01 Å². The summed E-state index contributed by atoms with van der Waals surface area (Å²) in [5, 5.41) is 0.393. The molecule has 1 aliphatic rings. The molecule has 1 saturated heterocycles. The second kappa shape index (κ2) is 7.35. The van der Waals surface area contributed by atoms with Crippen molar-refractivity contribution < 1.29 is 13.2 Å². The van der Waals surface area contributed by atoms with E-state index in [4.69, 9.17) is 16.3 Å². The molecule has 2 aromatic rings. The number of rotatable bonds is 4. The van der Waals surface area contributed by atoms with E-state index >= 15 is 0 Å². The van der Waals surface area contributed by atoms with E-state index < -0.39 is 10.0 Å². The molecule has 6 nitrogen and oxygen atoms in total. The van der Waals surface area contributed by atoms with Crippen LogP contribution in [0.4, 0.5) is 0 Å². The highest BCUT2D eigenvalue weighted by molar-refractivity contribution is 9.10. The fourth-order valence-electron chi connectivity index (χ4n) is 2.51. The van der Waals surface area contributed by atoms with Crippen molar-refractivity contribution in [2.24, 2.45) is 0 Å². The number of hydrogen-bond acceptors (Lipinski definition) is 5. The third kappa shape index (κ3) is 4.05. The molecule has 2 heterocycles. The first-order chi connectivity index (χ1) is 11.4. The molecule has 1 aliphatic heterocycles. The Bertz CT molecular complexity index is 817. The van der Waals surface area contributed by atoms with Crippen molar-refractivity contribution in [3.05, 3.63) is 46.2 Å². The largest absolute Gasteiger partial charge is 0.459 e. The first kappa shape index (κ1) is 17.6. The van der Waals surface area contributed by atoms with Crippen molar-refractivity contribution in [2.45, 2.75) is 23.8 Å². The normalized spacial score (nSPS) is 19.2. The summed E-state index contributed by atoms with van der Waals surface area (Å²) in [7, 11) is -3.60. The van der Waals surface area contributed by atoms with E-state index in [1.54, 1.807) is 30.6 Å². The summed E-state index contributed by atoms with van der Waals surface area (Å²) >= 11 is 9.17. The Morgan fingerprint density at radius 2 is 2.04 bits per heavy atom. The molecule has 0 radical (unpaired) electrons. The van der Waals surface area contributed by atoms with Gasteiger partial charge >= 0.3 is 6.01 Å². The number of nitrogens with zero attached hydrogens (tertiary/aromatic N) is 3. The molecule has 1 aromatic heterocycles. The number of hydrogen-bond donors (Lipinski definition) is 0. The smallest absolute Gasteiger partial charge is 0.316 e. The number of aromatic nitrogens is 2. The highest BCUT2D eigenvalue weighted by Gasteiger charge is 2.31. The van der Waals surface area contributed by atoms with E-state index in [1.165, 1.54) is 10.4 Å². The van der Waals surface area contributed by atoms with E-state index in [0.717, 1.165) is 10.9 Å². The number of benzene rings is 1. The van der Waals surface area contributed by atoms with Crippen molar-refractivity contribution in [1.29, 1.82) is 0 Å². The molecule has 3 rings (SSSR count). The molecular formula is C15H15BrClN3O3S. The summed E-state index contributed by atoms with van der Waals surface area (Å²) in [5.74, 6) is 0. The maximum atomic E-state index is 12.8. The van der Waals surface area contributed by atoms with Crippen molar-refractivity contribution in [3.63, 3.8) is 0 Å². The monoisotopic (exact) mass is 431 g/mol. The zero-order valence-electron chi connectivity index (χ0n) is 12.6. The highest BCUT2D eigenvalue weighted by Crippen LogP contribution is 2.24. The predicted octanol–water partition coefficient (Wildman–Crippen LogP) is 3.12. The average molecular weight is 433 g/mol. The van der Waals surface area contributed by atoms with E-state index in [1.807, 2.05) is 0 Å². The molecule has 0 spiro atoms. The Balaban J connectivity index is 1.74. The number of ether oxygens (including phenoxy) is 1. The molecule has 0 amide bonds. The van der Waals surface area contributed by atoms with Crippen LogP contribution in [0.25, 0.3) is 0 Å². The maximum absolute atomic E-state index is 12.8. The molecule has 9 heteroatoms. The van der Waals surface area contributed by atoms with Crippen LogP contribution in [0.15, 0.2) is 46.0 Å². The zero-order valence-corrected chi connectivity index (χ0v) is 15.8. The zero-order chi connectivity index (χ0) is 17.2. The number of sulfonamides is 1. The van der Waals surface area contributed by atoms with E-state index in [-0.39, 0.29) is 23.6 Å². The molecule has 1 atom stereocenters. The lowest BCUT2D eigenvalue weighted by atomic mass is 10.1. The van der Waals surface area contributed by atoms with Gasteiger partial charge in [0.2, 0.25) is 10.0 Å². The van der Waals surface area contributed by atoms with Crippen LogP contribution in [-0.4, -0.2) is 41.9 Å². The van der Waals surface area contributed by atoms with Gasteiger partial charge in [-0.3, -0.25) is 0 Å². The molecule has 0 N–H and O–H groups in total. The van der Waals surface area contributed by atoms with Gasteiger partial charge in [0.15, 0.2) is 0 Å². The summed E-state index contributed by atoms with van der Waals surface area (Å²) in [6.07, 6.45) is 4.35.